The van der Waals surface area contributed by atoms with Crippen molar-refractivity contribution in [1.82, 2.24) is 10.2 Å². The molecule has 3 aromatic carbocycles. The maximum absolute atomic E-state index is 14.2. The zero-order valence-electron chi connectivity index (χ0n) is 24.3. The van der Waals surface area contributed by atoms with Gasteiger partial charge < -0.3 is 19.3 Å². The smallest absolute Gasteiger partial charge is 0.301 e. The van der Waals surface area contributed by atoms with E-state index in [-0.39, 0.29) is 22.3 Å². The van der Waals surface area contributed by atoms with Gasteiger partial charge in [0.15, 0.2) is 15.8 Å². The van der Waals surface area contributed by atoms with Gasteiger partial charge in [0.25, 0.3) is 5.78 Å². The van der Waals surface area contributed by atoms with Crippen LogP contribution in [-0.2, 0) is 15.3 Å². The number of anilines is 1. The van der Waals surface area contributed by atoms with E-state index < -0.39 is 17.7 Å². The van der Waals surface area contributed by atoms with Crippen LogP contribution in [0.2, 0.25) is 0 Å². The van der Waals surface area contributed by atoms with E-state index in [0.29, 0.717) is 57.2 Å². The van der Waals surface area contributed by atoms with Crippen LogP contribution in [0.15, 0.2) is 76.6 Å². The molecule has 1 aliphatic heterocycles. The highest BCUT2D eigenvalue weighted by Gasteiger charge is 2.48. The number of hydrogen-bond donors (Lipinski definition) is 1. The molecule has 1 N–H and O–H groups in total. The third-order valence-corrected chi connectivity index (χ3v) is 8.87. The molecule has 1 saturated heterocycles. The number of methoxy groups -OCH3 is 1. The normalized spacial score (nSPS) is 15.9. The van der Waals surface area contributed by atoms with Crippen molar-refractivity contribution in [2.75, 3.05) is 25.2 Å². The van der Waals surface area contributed by atoms with Crippen LogP contribution in [0.25, 0.3) is 5.76 Å². The number of hydrogen-bond acceptors (Lipinski definition) is 10. The summed E-state index contributed by atoms with van der Waals surface area (Å²) in [5, 5.41) is 20.1. The van der Waals surface area contributed by atoms with Gasteiger partial charge in [0.1, 0.15) is 17.3 Å². The quantitative estimate of drug-likeness (QED) is 0.0591. The van der Waals surface area contributed by atoms with Crippen LogP contribution in [-0.4, -0.2) is 47.3 Å². The molecule has 1 aliphatic rings. The number of aliphatic hydroxyl groups excluding tert-OH is 1. The molecule has 1 aromatic heterocycles. The Balaban J connectivity index is 1.58. The first-order valence-corrected chi connectivity index (χ1v) is 15.7. The van der Waals surface area contributed by atoms with E-state index in [1.165, 1.54) is 29.8 Å². The summed E-state index contributed by atoms with van der Waals surface area (Å²) in [6.45, 7) is 4.67. The van der Waals surface area contributed by atoms with E-state index in [1.54, 1.807) is 60.7 Å². The van der Waals surface area contributed by atoms with E-state index in [0.717, 1.165) is 17.8 Å². The van der Waals surface area contributed by atoms with Gasteiger partial charge in [0, 0.05) is 11.3 Å². The highest BCUT2D eigenvalue weighted by molar-refractivity contribution is 8.00. The predicted molar refractivity (Wildman–Crippen MR) is 167 cm³/mol. The lowest BCUT2D eigenvalue weighted by molar-refractivity contribution is -0.132. The van der Waals surface area contributed by atoms with Crippen LogP contribution in [0.1, 0.15) is 43.0 Å². The van der Waals surface area contributed by atoms with E-state index in [9.17, 15) is 19.1 Å². The summed E-state index contributed by atoms with van der Waals surface area (Å²) in [5.41, 5.74) is 1.23. The molecule has 228 valence electrons. The fourth-order valence-corrected chi connectivity index (χ4v) is 6.51. The average Bonchev–Trinajstić information content (AvgIpc) is 3.61. The molecule has 2 heterocycles. The van der Waals surface area contributed by atoms with Crippen molar-refractivity contribution < 1.29 is 33.3 Å². The number of carbonyl (C=O) groups is 2. The lowest BCUT2D eigenvalue weighted by Crippen LogP contribution is -2.29. The molecule has 1 unspecified atom stereocenters. The number of thioether (sulfide) groups is 1. The molecule has 1 amide bonds. The highest BCUT2D eigenvalue weighted by Crippen LogP contribution is 2.45. The molecule has 0 aliphatic carbocycles. The van der Waals surface area contributed by atoms with Crippen molar-refractivity contribution in [2.24, 2.45) is 0 Å². The van der Waals surface area contributed by atoms with Crippen LogP contribution >= 0.6 is 23.1 Å². The number of amides is 1. The largest absolute Gasteiger partial charge is 0.507 e. The van der Waals surface area contributed by atoms with Gasteiger partial charge >= 0.3 is 5.91 Å². The first-order chi connectivity index (χ1) is 21.4. The van der Waals surface area contributed by atoms with Crippen molar-refractivity contribution in [3.05, 3.63) is 94.8 Å². The van der Waals surface area contributed by atoms with E-state index in [1.807, 2.05) is 13.8 Å². The van der Waals surface area contributed by atoms with Gasteiger partial charge in [-0.1, -0.05) is 54.3 Å². The fraction of sp³-hybridized carbons (Fsp3) is 0.250. The topological polar surface area (TPSA) is 111 Å². The number of halogens is 1. The molecule has 0 spiro atoms. The number of carbonyl (C=O) groups excluding carboxylic acids is 2. The molecular formula is C32H30FN3O6S2. The summed E-state index contributed by atoms with van der Waals surface area (Å²) < 4.78 is 31.6. The van der Waals surface area contributed by atoms with Gasteiger partial charge in [0.2, 0.25) is 5.13 Å². The summed E-state index contributed by atoms with van der Waals surface area (Å²) in [5.74, 6) is -0.583. The summed E-state index contributed by atoms with van der Waals surface area (Å²) in [6, 6.07) is 17.1. The fourth-order valence-electron chi connectivity index (χ4n) is 4.66. The Morgan fingerprint density at radius 2 is 1.80 bits per heavy atom. The monoisotopic (exact) mass is 635 g/mol. The Morgan fingerprint density at radius 3 is 2.50 bits per heavy atom. The number of aliphatic hydroxyl groups is 1. The van der Waals surface area contributed by atoms with Crippen molar-refractivity contribution >= 4 is 45.7 Å². The summed E-state index contributed by atoms with van der Waals surface area (Å²) in [6.07, 6.45) is 0.795. The van der Waals surface area contributed by atoms with Gasteiger partial charge in [-0.25, -0.2) is 4.39 Å². The lowest BCUT2D eigenvalue weighted by Gasteiger charge is -2.23. The first-order valence-electron chi connectivity index (χ1n) is 13.9. The second-order valence-corrected chi connectivity index (χ2v) is 11.8. The summed E-state index contributed by atoms with van der Waals surface area (Å²) in [7, 11) is 1.52. The number of ether oxygens (including phenoxy) is 3. The standard InChI is InChI=1S/C32H30FN3O6S2/c1-4-16-42-24-15-12-20(17-25(24)41-5-2)27-26(28(37)19-10-13-22(40-3)14-11-19)29(38)30(39)36(27)31-34-35-32(44-31)43-18-21-8-6-7-9-23(21)33/h6-15,17,27,37H,4-5,16,18H2,1-3H3/b28-26+. The first kappa shape index (κ1) is 31.0. The molecule has 4 aromatic rings. The van der Waals surface area contributed by atoms with Gasteiger partial charge in [-0.3, -0.25) is 14.5 Å². The zero-order chi connectivity index (χ0) is 31.2. The maximum atomic E-state index is 14.2. The number of aromatic nitrogens is 2. The second kappa shape index (κ2) is 13.9. The van der Waals surface area contributed by atoms with Gasteiger partial charge in [-0.05, 0) is 66.9 Å². The van der Waals surface area contributed by atoms with Crippen molar-refractivity contribution in [1.29, 1.82) is 0 Å². The predicted octanol–water partition coefficient (Wildman–Crippen LogP) is 6.79. The molecule has 1 fully saturated rings. The molecule has 9 nitrogen and oxygen atoms in total. The van der Waals surface area contributed by atoms with Crippen LogP contribution in [0.3, 0.4) is 0 Å². The average molecular weight is 636 g/mol. The maximum Gasteiger partial charge on any atom is 0.301 e. The van der Waals surface area contributed by atoms with E-state index in [2.05, 4.69) is 10.2 Å². The lowest BCUT2D eigenvalue weighted by atomic mass is 9.95. The molecular weight excluding hydrogens is 605 g/mol. The van der Waals surface area contributed by atoms with Gasteiger partial charge in [-0.2, -0.15) is 0 Å². The number of benzene rings is 3. The minimum atomic E-state index is -1.05. The highest BCUT2D eigenvalue weighted by atomic mass is 32.2. The molecule has 5 rings (SSSR count). The van der Waals surface area contributed by atoms with Crippen LogP contribution in [0.5, 0.6) is 17.2 Å². The van der Waals surface area contributed by atoms with Crippen LogP contribution < -0.4 is 19.1 Å². The van der Waals surface area contributed by atoms with Gasteiger partial charge in [-0.15, -0.1) is 10.2 Å². The number of rotatable bonds is 12. The van der Waals surface area contributed by atoms with E-state index >= 15 is 0 Å². The minimum Gasteiger partial charge on any atom is -0.507 e. The van der Waals surface area contributed by atoms with Crippen LogP contribution in [0, 0.1) is 5.82 Å². The van der Waals surface area contributed by atoms with Gasteiger partial charge in [0.05, 0.1) is 31.9 Å². The van der Waals surface area contributed by atoms with Crippen molar-refractivity contribution in [3.8, 4) is 17.2 Å². The minimum absolute atomic E-state index is 0.111. The van der Waals surface area contributed by atoms with Crippen molar-refractivity contribution in [2.45, 2.75) is 36.4 Å². The molecule has 44 heavy (non-hydrogen) atoms. The molecule has 12 heteroatoms. The molecule has 0 bridgehead atoms. The third kappa shape index (κ3) is 6.41. The zero-order valence-corrected chi connectivity index (χ0v) is 25.9. The molecule has 0 saturated carbocycles. The third-order valence-electron chi connectivity index (χ3n) is 6.76. The number of ketones is 1. The van der Waals surface area contributed by atoms with Crippen molar-refractivity contribution in [3.63, 3.8) is 0 Å². The Morgan fingerprint density at radius 1 is 1.02 bits per heavy atom. The SMILES string of the molecule is CCCOc1ccc(C2/C(=C(\O)c3ccc(OC)cc3)C(=O)C(=O)N2c2nnc(SCc3ccccc3F)s2)cc1OCC. The molecule has 0 radical (unpaired) electrons. The Bertz CT molecular complexity index is 1690. The molecule has 1 atom stereocenters. The Labute approximate surface area is 262 Å². The Hall–Kier alpha value is -4.42. The Kier molecular flexibility index (Phi) is 9.81. The van der Waals surface area contributed by atoms with Crippen LogP contribution in [0.4, 0.5) is 9.52 Å². The number of nitrogens with zero attached hydrogens (tertiary/aromatic N) is 3. The second-order valence-electron chi connectivity index (χ2n) is 9.62. The summed E-state index contributed by atoms with van der Waals surface area (Å²) >= 11 is 2.36. The summed E-state index contributed by atoms with van der Waals surface area (Å²) in [4.78, 5) is 28.5. The number of Topliss-reactive ketones (excluding diaryl/α,β-unsaturated/α-hetero) is 1. The van der Waals surface area contributed by atoms with E-state index in [4.69, 9.17) is 14.2 Å².